The summed E-state index contributed by atoms with van der Waals surface area (Å²) < 4.78 is 30.1. The molecule has 50 heavy (non-hydrogen) atoms. The lowest BCUT2D eigenvalue weighted by atomic mass is 9.76. The fourth-order valence-corrected chi connectivity index (χ4v) is 7.55. The molecule has 11 heteroatoms. The van der Waals surface area contributed by atoms with Gasteiger partial charge in [0.05, 0.1) is 46.1 Å². The third kappa shape index (κ3) is 7.34. The molecule has 1 aromatic heterocycles. The first-order valence-corrected chi connectivity index (χ1v) is 17.7. The van der Waals surface area contributed by atoms with E-state index in [1.165, 1.54) is 5.56 Å². The molecule has 0 radical (unpaired) electrons. The van der Waals surface area contributed by atoms with Crippen molar-refractivity contribution < 1.29 is 28.5 Å². The van der Waals surface area contributed by atoms with E-state index in [2.05, 4.69) is 50.8 Å². The Morgan fingerprint density at radius 1 is 0.840 bits per heavy atom. The number of anilines is 1. The van der Waals surface area contributed by atoms with Crippen molar-refractivity contribution in [1.82, 2.24) is 19.4 Å². The minimum absolute atomic E-state index is 0.0442. The Kier molecular flexibility index (Phi) is 11.3. The van der Waals surface area contributed by atoms with Gasteiger partial charge in [-0.3, -0.25) is 4.79 Å². The molecule has 2 saturated heterocycles. The number of carbonyl (C=O) groups is 1. The number of rotatable bonds is 14. The molecule has 4 aromatic rings. The lowest BCUT2D eigenvalue weighted by Crippen LogP contribution is -2.39. The number of ether oxygens (including phenoxy) is 5. The summed E-state index contributed by atoms with van der Waals surface area (Å²) in [7, 11) is 6.39. The zero-order valence-electron chi connectivity index (χ0n) is 30.2. The third-order valence-corrected chi connectivity index (χ3v) is 10.3. The van der Waals surface area contributed by atoms with E-state index in [4.69, 9.17) is 28.7 Å². The molecule has 3 aromatic carbocycles. The van der Waals surface area contributed by atoms with Crippen LogP contribution in [0.1, 0.15) is 42.1 Å². The van der Waals surface area contributed by atoms with Crippen molar-refractivity contribution in [2.45, 2.75) is 38.1 Å². The van der Waals surface area contributed by atoms with Crippen molar-refractivity contribution in [3.63, 3.8) is 0 Å². The lowest BCUT2D eigenvalue weighted by molar-refractivity contribution is 0.0780. The SMILES string of the molecule is CCOCCn1c(N2CCCN(CCC3(c4ccc(OC)cc4)CCN(C(=O)c4cc(OC)c(OC)c(OC)c4)C3)CC2)nc2ccccc21. The number of para-hydroxylation sites is 2. The van der Waals surface area contributed by atoms with Crippen LogP contribution < -0.4 is 23.8 Å². The van der Waals surface area contributed by atoms with E-state index in [0.29, 0.717) is 49.1 Å². The maximum atomic E-state index is 14.0. The van der Waals surface area contributed by atoms with E-state index in [1.807, 2.05) is 24.0 Å². The van der Waals surface area contributed by atoms with Gasteiger partial charge in [0.25, 0.3) is 5.91 Å². The summed E-state index contributed by atoms with van der Waals surface area (Å²) in [6.45, 7) is 10.2. The maximum absolute atomic E-state index is 14.0. The van der Waals surface area contributed by atoms with Crippen LogP contribution in [0.15, 0.2) is 60.7 Å². The number of amides is 1. The molecular formula is C39H51N5O6. The molecule has 0 bridgehead atoms. The van der Waals surface area contributed by atoms with E-state index >= 15 is 0 Å². The van der Waals surface area contributed by atoms with Gasteiger partial charge in [-0.25, -0.2) is 4.98 Å². The number of methoxy groups -OCH3 is 4. The Hall–Kier alpha value is -4.48. The van der Waals surface area contributed by atoms with Crippen LogP contribution in [-0.2, 0) is 16.7 Å². The second-order valence-electron chi connectivity index (χ2n) is 13.1. The second kappa shape index (κ2) is 16.0. The first kappa shape index (κ1) is 35.3. The number of hydrogen-bond donors (Lipinski definition) is 0. The van der Waals surface area contributed by atoms with Crippen LogP contribution in [0, 0.1) is 0 Å². The third-order valence-electron chi connectivity index (χ3n) is 10.3. The van der Waals surface area contributed by atoms with Gasteiger partial charge in [-0.15, -0.1) is 0 Å². The number of hydrogen-bond acceptors (Lipinski definition) is 9. The summed E-state index contributed by atoms with van der Waals surface area (Å²) in [5.41, 5.74) is 3.73. The molecule has 2 fully saturated rings. The van der Waals surface area contributed by atoms with Crippen LogP contribution >= 0.6 is 0 Å². The largest absolute Gasteiger partial charge is 0.497 e. The van der Waals surface area contributed by atoms with Crippen molar-refractivity contribution in [1.29, 1.82) is 0 Å². The number of likely N-dealkylation sites (tertiary alicyclic amines) is 1. The van der Waals surface area contributed by atoms with Crippen LogP contribution in [0.5, 0.6) is 23.0 Å². The van der Waals surface area contributed by atoms with Gasteiger partial charge < -0.3 is 43.0 Å². The van der Waals surface area contributed by atoms with Crippen molar-refractivity contribution in [2.75, 3.05) is 92.4 Å². The molecule has 3 heterocycles. The molecule has 6 rings (SSSR count). The molecule has 0 saturated carbocycles. The summed E-state index contributed by atoms with van der Waals surface area (Å²) >= 11 is 0. The van der Waals surface area contributed by atoms with E-state index in [0.717, 1.165) is 81.3 Å². The summed E-state index contributed by atoms with van der Waals surface area (Å²) in [5.74, 6) is 3.22. The first-order valence-electron chi connectivity index (χ1n) is 17.7. The Morgan fingerprint density at radius 2 is 1.60 bits per heavy atom. The van der Waals surface area contributed by atoms with Crippen LogP contribution in [-0.4, -0.2) is 113 Å². The molecule has 0 N–H and O–H groups in total. The van der Waals surface area contributed by atoms with Crippen molar-refractivity contribution >= 4 is 22.9 Å². The first-order chi connectivity index (χ1) is 24.4. The quantitative estimate of drug-likeness (QED) is 0.160. The predicted octanol–water partition coefficient (Wildman–Crippen LogP) is 5.49. The normalized spacial score (nSPS) is 18.3. The summed E-state index contributed by atoms with van der Waals surface area (Å²) in [6.07, 6.45) is 2.86. The Morgan fingerprint density at radius 3 is 2.30 bits per heavy atom. The van der Waals surface area contributed by atoms with E-state index in [1.54, 1.807) is 40.6 Å². The number of benzene rings is 3. The van der Waals surface area contributed by atoms with E-state index in [9.17, 15) is 4.79 Å². The summed E-state index contributed by atoms with van der Waals surface area (Å²) in [4.78, 5) is 26.1. The van der Waals surface area contributed by atoms with Gasteiger partial charge >= 0.3 is 0 Å². The highest BCUT2D eigenvalue weighted by atomic mass is 16.5. The highest BCUT2D eigenvalue weighted by molar-refractivity contribution is 5.96. The van der Waals surface area contributed by atoms with Crippen molar-refractivity contribution in [3.05, 3.63) is 71.8 Å². The molecule has 1 atom stereocenters. The van der Waals surface area contributed by atoms with Gasteiger partial charge in [0.1, 0.15) is 5.75 Å². The fraction of sp³-hybridized carbons (Fsp3) is 0.487. The molecular weight excluding hydrogens is 634 g/mol. The average Bonchev–Trinajstić information content (AvgIpc) is 3.68. The van der Waals surface area contributed by atoms with E-state index in [-0.39, 0.29) is 11.3 Å². The number of aromatic nitrogens is 2. The topological polar surface area (TPSA) is 90.8 Å². The minimum Gasteiger partial charge on any atom is -0.497 e. The molecule has 268 valence electrons. The van der Waals surface area contributed by atoms with Crippen LogP contribution in [0.3, 0.4) is 0 Å². The summed E-state index contributed by atoms with van der Waals surface area (Å²) in [5, 5.41) is 0. The van der Waals surface area contributed by atoms with Crippen LogP contribution in [0.2, 0.25) is 0 Å². The lowest BCUT2D eigenvalue weighted by Gasteiger charge is -2.33. The maximum Gasteiger partial charge on any atom is 0.254 e. The van der Waals surface area contributed by atoms with Crippen molar-refractivity contribution in [3.8, 4) is 23.0 Å². The highest BCUT2D eigenvalue weighted by Gasteiger charge is 2.42. The molecule has 0 spiro atoms. The smallest absolute Gasteiger partial charge is 0.254 e. The standard InChI is InChI=1S/C39H51N5O6/c1-6-50-25-24-44-33-11-8-7-10-32(33)40-38(44)42-19-9-18-41(22-23-42)20-16-39(30-12-14-31(46-2)15-13-30)17-21-43(28-39)37(45)29-26-34(47-3)36(49-5)35(27-29)48-4/h7-8,10-15,26-27H,6,9,16-25,28H2,1-5H3. The van der Waals surface area contributed by atoms with Gasteiger partial charge in [0.15, 0.2) is 11.5 Å². The van der Waals surface area contributed by atoms with Crippen molar-refractivity contribution in [2.24, 2.45) is 0 Å². The number of carbonyl (C=O) groups excluding carboxylic acids is 1. The predicted molar refractivity (Wildman–Crippen MR) is 195 cm³/mol. The highest BCUT2D eigenvalue weighted by Crippen LogP contribution is 2.42. The van der Waals surface area contributed by atoms with Gasteiger partial charge in [-0.05, 0) is 81.2 Å². The monoisotopic (exact) mass is 685 g/mol. The molecule has 2 aliphatic rings. The van der Waals surface area contributed by atoms with Crippen LogP contribution in [0.25, 0.3) is 11.0 Å². The fourth-order valence-electron chi connectivity index (χ4n) is 7.55. The minimum atomic E-state index is -0.193. The van der Waals surface area contributed by atoms with Gasteiger partial charge in [0.2, 0.25) is 11.7 Å². The van der Waals surface area contributed by atoms with Gasteiger partial charge in [-0.2, -0.15) is 0 Å². The summed E-state index contributed by atoms with van der Waals surface area (Å²) in [6, 6.07) is 20.3. The Bertz CT molecular complexity index is 1720. The zero-order chi connectivity index (χ0) is 35.1. The second-order valence-corrected chi connectivity index (χ2v) is 13.1. The zero-order valence-corrected chi connectivity index (χ0v) is 30.2. The Balaban J connectivity index is 1.19. The van der Waals surface area contributed by atoms with E-state index < -0.39 is 0 Å². The van der Waals surface area contributed by atoms with Gasteiger partial charge in [-0.1, -0.05) is 24.3 Å². The molecule has 0 aliphatic carbocycles. The molecule has 11 nitrogen and oxygen atoms in total. The molecule has 1 unspecified atom stereocenters. The van der Waals surface area contributed by atoms with Gasteiger partial charge in [0, 0.05) is 56.9 Å². The number of imidazole rings is 1. The number of nitrogens with zero attached hydrogens (tertiary/aromatic N) is 5. The number of fused-ring (bicyclic) bond motifs is 1. The van der Waals surface area contributed by atoms with Crippen LogP contribution in [0.4, 0.5) is 5.95 Å². The molecule has 1 amide bonds. The Labute approximate surface area is 295 Å². The molecule has 2 aliphatic heterocycles. The average molecular weight is 686 g/mol.